The van der Waals surface area contributed by atoms with Gasteiger partial charge in [-0.15, -0.1) is 0 Å². The number of nitrogens with one attached hydrogen (secondary N) is 1. The molecule has 6 nitrogen and oxygen atoms in total. The molecule has 1 fully saturated rings. The van der Waals surface area contributed by atoms with Gasteiger partial charge >= 0.3 is 17.8 Å². The topological polar surface area (TPSA) is 75.7 Å². The summed E-state index contributed by atoms with van der Waals surface area (Å²) in [6, 6.07) is 7.74. The number of benzene rings is 1. The molecule has 6 heteroatoms. The van der Waals surface area contributed by atoms with Crippen molar-refractivity contribution in [3.63, 3.8) is 0 Å². The van der Waals surface area contributed by atoms with Crippen LogP contribution in [0.2, 0.25) is 0 Å². The molecule has 0 radical (unpaired) electrons. The van der Waals surface area contributed by atoms with E-state index >= 15 is 0 Å². The average molecular weight is 332 g/mol. The Kier molecular flexibility index (Phi) is 6.35. The summed E-state index contributed by atoms with van der Waals surface area (Å²) in [6.45, 7) is 5.10. The minimum atomic E-state index is -0.639. The van der Waals surface area contributed by atoms with E-state index in [-0.39, 0.29) is 18.4 Å². The Morgan fingerprint density at radius 2 is 1.96 bits per heavy atom. The fraction of sp³-hybridized carbons (Fsp3) is 0.500. The molecule has 130 valence electrons. The molecule has 0 aliphatic carbocycles. The molecular formula is C18H24N2O4. The molecule has 1 aromatic rings. The van der Waals surface area contributed by atoms with Gasteiger partial charge in [-0.3, -0.25) is 14.4 Å². The molecule has 24 heavy (non-hydrogen) atoms. The first-order chi connectivity index (χ1) is 11.5. The average Bonchev–Trinajstić information content (AvgIpc) is 2.60. The molecule has 2 amide bonds. The number of amides is 2. The zero-order chi connectivity index (χ0) is 17.5. The van der Waals surface area contributed by atoms with Crippen LogP contribution in [0, 0.1) is 12.8 Å². The van der Waals surface area contributed by atoms with Gasteiger partial charge in [0.15, 0.2) is 0 Å². The summed E-state index contributed by atoms with van der Waals surface area (Å²) in [5.41, 5.74) is 2.07. The van der Waals surface area contributed by atoms with Crippen LogP contribution in [-0.4, -0.2) is 42.4 Å². The van der Waals surface area contributed by atoms with E-state index in [4.69, 9.17) is 4.74 Å². The lowest BCUT2D eigenvalue weighted by Crippen LogP contribution is -2.48. The van der Waals surface area contributed by atoms with Gasteiger partial charge in [0.1, 0.15) is 0 Å². The summed E-state index contributed by atoms with van der Waals surface area (Å²) in [6.07, 6.45) is 1.38. The number of carbonyl (C=O) groups excluding carboxylic acids is 3. The highest BCUT2D eigenvalue weighted by atomic mass is 16.5. The number of esters is 1. The van der Waals surface area contributed by atoms with E-state index in [9.17, 15) is 14.4 Å². The van der Waals surface area contributed by atoms with Gasteiger partial charge in [-0.2, -0.15) is 0 Å². The lowest BCUT2D eigenvalue weighted by molar-refractivity contribution is -0.154. The van der Waals surface area contributed by atoms with Gasteiger partial charge in [0.25, 0.3) is 0 Å². The Morgan fingerprint density at radius 1 is 1.25 bits per heavy atom. The van der Waals surface area contributed by atoms with Crippen LogP contribution < -0.4 is 5.32 Å². The van der Waals surface area contributed by atoms with Gasteiger partial charge in [0.05, 0.1) is 12.5 Å². The standard InChI is InChI=1S/C18H24N2O4/c1-3-24-18(23)15-5-4-10-20(12-15)17(22)16(21)19-11-14-8-6-13(2)7-9-14/h6-9,15H,3-5,10-12H2,1-2H3,(H,19,21). The highest BCUT2D eigenvalue weighted by Gasteiger charge is 2.31. The molecule has 1 atom stereocenters. The number of hydrogen-bond acceptors (Lipinski definition) is 4. The SMILES string of the molecule is CCOC(=O)C1CCCN(C(=O)C(=O)NCc2ccc(C)cc2)C1. The van der Waals surface area contributed by atoms with Crippen LogP contribution in [0.4, 0.5) is 0 Å². The number of aryl methyl sites for hydroxylation is 1. The zero-order valence-electron chi connectivity index (χ0n) is 14.2. The van der Waals surface area contributed by atoms with Crippen LogP contribution in [0.1, 0.15) is 30.9 Å². The third-order valence-electron chi connectivity index (χ3n) is 4.10. The van der Waals surface area contributed by atoms with Gasteiger partial charge in [-0.1, -0.05) is 29.8 Å². The first-order valence-corrected chi connectivity index (χ1v) is 8.30. The molecule has 0 aromatic heterocycles. The Morgan fingerprint density at radius 3 is 2.62 bits per heavy atom. The second kappa shape index (κ2) is 8.47. The van der Waals surface area contributed by atoms with Crippen molar-refractivity contribution >= 4 is 17.8 Å². The lowest BCUT2D eigenvalue weighted by Gasteiger charge is -2.31. The molecule has 1 unspecified atom stereocenters. The van der Waals surface area contributed by atoms with E-state index in [0.29, 0.717) is 32.5 Å². The maximum Gasteiger partial charge on any atom is 0.311 e. The van der Waals surface area contributed by atoms with E-state index in [1.807, 2.05) is 31.2 Å². The fourth-order valence-electron chi connectivity index (χ4n) is 2.72. The highest BCUT2D eigenvalue weighted by Crippen LogP contribution is 2.18. The molecule has 1 heterocycles. The zero-order valence-corrected chi connectivity index (χ0v) is 14.2. The monoisotopic (exact) mass is 332 g/mol. The molecule has 0 saturated carbocycles. The molecule has 1 aliphatic heterocycles. The third-order valence-corrected chi connectivity index (χ3v) is 4.10. The summed E-state index contributed by atoms with van der Waals surface area (Å²) in [4.78, 5) is 37.6. The van der Waals surface area contributed by atoms with E-state index in [1.165, 1.54) is 4.90 Å². The molecule has 2 rings (SSSR count). The number of nitrogens with zero attached hydrogens (tertiary/aromatic N) is 1. The van der Waals surface area contributed by atoms with Crippen LogP contribution in [0.5, 0.6) is 0 Å². The summed E-state index contributed by atoms with van der Waals surface area (Å²) in [5, 5.41) is 2.64. The van der Waals surface area contributed by atoms with Gasteiger partial charge in [0.2, 0.25) is 0 Å². The van der Waals surface area contributed by atoms with Crippen molar-refractivity contribution in [1.82, 2.24) is 10.2 Å². The lowest BCUT2D eigenvalue weighted by atomic mass is 9.98. The maximum atomic E-state index is 12.3. The molecule has 1 aromatic carbocycles. The van der Waals surface area contributed by atoms with E-state index in [2.05, 4.69) is 5.32 Å². The van der Waals surface area contributed by atoms with Gasteiger partial charge in [-0.05, 0) is 32.3 Å². The second-order valence-corrected chi connectivity index (χ2v) is 6.01. The normalized spacial score (nSPS) is 17.2. The maximum absolute atomic E-state index is 12.3. The molecule has 1 N–H and O–H groups in total. The third kappa shape index (κ3) is 4.81. The predicted octanol–water partition coefficient (Wildman–Crippen LogP) is 1.41. The van der Waals surface area contributed by atoms with E-state index in [0.717, 1.165) is 11.1 Å². The largest absolute Gasteiger partial charge is 0.466 e. The van der Waals surface area contributed by atoms with Crippen LogP contribution in [0.15, 0.2) is 24.3 Å². The van der Waals surface area contributed by atoms with Crippen LogP contribution in [0.3, 0.4) is 0 Å². The Labute approximate surface area is 142 Å². The number of likely N-dealkylation sites (tertiary alicyclic amines) is 1. The first-order valence-electron chi connectivity index (χ1n) is 8.30. The van der Waals surface area contributed by atoms with Crippen molar-refractivity contribution in [3.05, 3.63) is 35.4 Å². The summed E-state index contributed by atoms with van der Waals surface area (Å²) >= 11 is 0. The summed E-state index contributed by atoms with van der Waals surface area (Å²) in [7, 11) is 0. The molecular weight excluding hydrogens is 308 g/mol. The number of hydrogen-bond donors (Lipinski definition) is 1. The van der Waals surface area contributed by atoms with Crippen molar-refractivity contribution in [2.45, 2.75) is 33.2 Å². The molecule has 1 saturated heterocycles. The second-order valence-electron chi connectivity index (χ2n) is 6.01. The van der Waals surface area contributed by atoms with Crippen LogP contribution in [0.25, 0.3) is 0 Å². The van der Waals surface area contributed by atoms with Crippen molar-refractivity contribution in [3.8, 4) is 0 Å². The van der Waals surface area contributed by atoms with Crippen molar-refractivity contribution < 1.29 is 19.1 Å². The number of ether oxygens (including phenoxy) is 1. The van der Waals surface area contributed by atoms with Gasteiger partial charge in [-0.25, -0.2) is 0 Å². The Balaban J connectivity index is 1.86. The number of rotatable bonds is 4. The molecule has 0 bridgehead atoms. The molecule has 1 aliphatic rings. The highest BCUT2D eigenvalue weighted by molar-refractivity contribution is 6.35. The van der Waals surface area contributed by atoms with Crippen molar-refractivity contribution in [2.75, 3.05) is 19.7 Å². The Bertz CT molecular complexity index is 598. The first kappa shape index (κ1) is 18.0. The van der Waals surface area contributed by atoms with Crippen LogP contribution in [-0.2, 0) is 25.7 Å². The van der Waals surface area contributed by atoms with Crippen molar-refractivity contribution in [2.24, 2.45) is 5.92 Å². The van der Waals surface area contributed by atoms with E-state index in [1.54, 1.807) is 6.92 Å². The predicted molar refractivity (Wildman–Crippen MR) is 89.0 cm³/mol. The van der Waals surface area contributed by atoms with Crippen molar-refractivity contribution in [1.29, 1.82) is 0 Å². The van der Waals surface area contributed by atoms with Gasteiger partial charge in [0, 0.05) is 19.6 Å². The number of piperidine rings is 1. The smallest absolute Gasteiger partial charge is 0.311 e. The quantitative estimate of drug-likeness (QED) is 0.668. The summed E-state index contributed by atoms with van der Waals surface area (Å²) in [5.74, 6) is -1.86. The minimum Gasteiger partial charge on any atom is -0.466 e. The van der Waals surface area contributed by atoms with E-state index < -0.39 is 11.8 Å². The van der Waals surface area contributed by atoms with Gasteiger partial charge < -0.3 is 15.0 Å². The number of carbonyl (C=O) groups is 3. The minimum absolute atomic E-state index is 0.246. The Hall–Kier alpha value is -2.37. The van der Waals surface area contributed by atoms with Crippen LogP contribution >= 0.6 is 0 Å². The molecule has 0 spiro atoms. The fourth-order valence-corrected chi connectivity index (χ4v) is 2.72. The summed E-state index contributed by atoms with van der Waals surface area (Å²) < 4.78 is 5.01.